The fourth-order valence-corrected chi connectivity index (χ4v) is 4.12. The molecule has 1 amide bonds. The van der Waals surface area contributed by atoms with Crippen LogP contribution in [0, 0.1) is 6.92 Å². The van der Waals surface area contributed by atoms with Gasteiger partial charge in [-0.2, -0.15) is 0 Å². The predicted molar refractivity (Wildman–Crippen MR) is 113 cm³/mol. The molecule has 154 valence electrons. The van der Waals surface area contributed by atoms with Crippen LogP contribution < -0.4 is 24.6 Å². The lowest BCUT2D eigenvalue weighted by Crippen LogP contribution is -3.16. The van der Waals surface area contributed by atoms with Gasteiger partial charge in [0.05, 0.1) is 32.2 Å². The number of anilines is 1. The van der Waals surface area contributed by atoms with Crippen molar-refractivity contribution >= 4 is 23.2 Å². The quantitative estimate of drug-likeness (QED) is 0.782. The first-order chi connectivity index (χ1) is 14.0. The SMILES string of the molecule is Cc1ccc(Cl)cc1N1CC[NH+](CC(=O)N[C@@H](C)c2ccc3c(c2)OCO3)CC1. The van der Waals surface area contributed by atoms with Crippen LogP contribution in [0.15, 0.2) is 36.4 Å². The third-order valence-corrected chi connectivity index (χ3v) is 5.90. The van der Waals surface area contributed by atoms with Crippen LogP contribution in [0.3, 0.4) is 0 Å². The number of nitrogens with one attached hydrogen (secondary N) is 2. The van der Waals surface area contributed by atoms with E-state index in [-0.39, 0.29) is 18.7 Å². The molecule has 2 heterocycles. The second kappa shape index (κ2) is 8.51. The minimum Gasteiger partial charge on any atom is -0.454 e. The van der Waals surface area contributed by atoms with Crippen LogP contribution in [-0.4, -0.2) is 45.4 Å². The number of carbonyl (C=O) groups excluding carboxylic acids is 1. The Hall–Kier alpha value is -2.44. The summed E-state index contributed by atoms with van der Waals surface area (Å²) in [6, 6.07) is 11.7. The van der Waals surface area contributed by atoms with E-state index in [2.05, 4.69) is 23.2 Å². The zero-order valence-corrected chi connectivity index (χ0v) is 17.6. The number of hydrogen-bond acceptors (Lipinski definition) is 4. The van der Waals surface area contributed by atoms with Crippen LogP contribution >= 0.6 is 11.6 Å². The zero-order valence-electron chi connectivity index (χ0n) is 16.8. The highest BCUT2D eigenvalue weighted by Crippen LogP contribution is 2.34. The van der Waals surface area contributed by atoms with Crippen LogP contribution in [0.5, 0.6) is 11.5 Å². The summed E-state index contributed by atoms with van der Waals surface area (Å²) in [6.45, 7) is 8.53. The highest BCUT2D eigenvalue weighted by molar-refractivity contribution is 6.30. The number of ether oxygens (including phenoxy) is 2. The molecule has 4 rings (SSSR count). The number of amides is 1. The van der Waals surface area contributed by atoms with Gasteiger partial charge in [0.15, 0.2) is 18.0 Å². The Balaban J connectivity index is 1.28. The van der Waals surface area contributed by atoms with Crippen LogP contribution in [0.2, 0.25) is 5.02 Å². The number of aryl methyl sites for hydroxylation is 1. The second-order valence-electron chi connectivity index (χ2n) is 7.75. The Morgan fingerprint density at radius 2 is 1.93 bits per heavy atom. The number of hydrogen-bond donors (Lipinski definition) is 2. The average Bonchev–Trinajstić information content (AvgIpc) is 3.18. The summed E-state index contributed by atoms with van der Waals surface area (Å²) >= 11 is 6.16. The minimum absolute atomic E-state index is 0.0672. The van der Waals surface area contributed by atoms with E-state index in [1.54, 1.807) is 0 Å². The molecule has 1 fully saturated rings. The molecule has 2 aliphatic rings. The summed E-state index contributed by atoms with van der Waals surface area (Å²) in [6.07, 6.45) is 0. The van der Waals surface area contributed by atoms with E-state index in [4.69, 9.17) is 21.1 Å². The van der Waals surface area contributed by atoms with Crippen molar-refractivity contribution in [1.29, 1.82) is 0 Å². The lowest BCUT2D eigenvalue weighted by molar-refractivity contribution is -0.892. The van der Waals surface area contributed by atoms with E-state index in [0.717, 1.165) is 48.3 Å². The normalized spacial score (nSPS) is 17.3. The van der Waals surface area contributed by atoms with Crippen molar-refractivity contribution in [3.8, 4) is 11.5 Å². The summed E-state index contributed by atoms with van der Waals surface area (Å²) in [7, 11) is 0. The van der Waals surface area contributed by atoms with Crippen molar-refractivity contribution in [2.75, 3.05) is 44.4 Å². The Labute approximate surface area is 176 Å². The lowest BCUT2D eigenvalue weighted by atomic mass is 10.1. The smallest absolute Gasteiger partial charge is 0.275 e. The number of fused-ring (bicyclic) bond motifs is 1. The van der Waals surface area contributed by atoms with Gasteiger partial charge >= 0.3 is 0 Å². The number of carbonyl (C=O) groups is 1. The standard InChI is InChI=1S/C22H26ClN3O3/c1-15-3-5-18(23)12-19(15)26-9-7-25(8-10-26)13-22(27)24-16(2)17-4-6-20-21(11-17)29-14-28-20/h3-6,11-12,16H,7-10,13-14H2,1-2H3,(H,24,27)/p+1/t16-/m0/s1. The van der Waals surface area contributed by atoms with Gasteiger partial charge in [-0.05, 0) is 49.2 Å². The summed E-state index contributed by atoms with van der Waals surface area (Å²) < 4.78 is 10.8. The molecular weight excluding hydrogens is 390 g/mol. The minimum atomic E-state index is -0.0770. The number of rotatable bonds is 5. The fraction of sp³-hybridized carbons (Fsp3) is 0.409. The molecule has 2 aliphatic heterocycles. The molecule has 1 saturated heterocycles. The van der Waals surface area contributed by atoms with Gasteiger partial charge in [-0.3, -0.25) is 4.79 Å². The van der Waals surface area contributed by atoms with E-state index < -0.39 is 0 Å². The molecule has 2 aromatic rings. The van der Waals surface area contributed by atoms with Crippen molar-refractivity contribution in [2.24, 2.45) is 0 Å². The van der Waals surface area contributed by atoms with Gasteiger partial charge < -0.3 is 24.6 Å². The van der Waals surface area contributed by atoms with Gasteiger partial charge in [-0.1, -0.05) is 23.7 Å². The van der Waals surface area contributed by atoms with Crippen molar-refractivity contribution in [3.05, 3.63) is 52.5 Å². The van der Waals surface area contributed by atoms with Crippen molar-refractivity contribution < 1.29 is 19.2 Å². The van der Waals surface area contributed by atoms with Crippen molar-refractivity contribution in [1.82, 2.24) is 5.32 Å². The number of halogens is 1. The van der Waals surface area contributed by atoms with Gasteiger partial charge in [0.25, 0.3) is 5.91 Å². The third kappa shape index (κ3) is 4.60. The number of piperazine rings is 1. The van der Waals surface area contributed by atoms with Gasteiger partial charge in [0.2, 0.25) is 6.79 Å². The molecule has 2 N–H and O–H groups in total. The molecular formula is C22H27ClN3O3+. The van der Waals surface area contributed by atoms with E-state index in [1.807, 2.05) is 37.3 Å². The highest BCUT2D eigenvalue weighted by Gasteiger charge is 2.24. The van der Waals surface area contributed by atoms with Gasteiger partial charge in [0, 0.05) is 10.7 Å². The maximum Gasteiger partial charge on any atom is 0.275 e. The van der Waals surface area contributed by atoms with Crippen molar-refractivity contribution in [2.45, 2.75) is 19.9 Å². The molecule has 6 nitrogen and oxygen atoms in total. The van der Waals surface area contributed by atoms with E-state index in [0.29, 0.717) is 6.54 Å². The molecule has 0 unspecified atom stereocenters. The van der Waals surface area contributed by atoms with Gasteiger partial charge in [-0.25, -0.2) is 0 Å². The molecule has 7 heteroatoms. The number of quaternary nitrogens is 1. The largest absolute Gasteiger partial charge is 0.454 e. The third-order valence-electron chi connectivity index (χ3n) is 5.67. The van der Waals surface area contributed by atoms with Crippen LogP contribution in [0.25, 0.3) is 0 Å². The Morgan fingerprint density at radius 1 is 1.17 bits per heavy atom. The maximum atomic E-state index is 12.6. The average molecular weight is 417 g/mol. The molecule has 0 bridgehead atoms. The van der Waals surface area contributed by atoms with Crippen LogP contribution in [0.1, 0.15) is 24.1 Å². The van der Waals surface area contributed by atoms with E-state index >= 15 is 0 Å². The Kier molecular flexibility index (Phi) is 5.83. The second-order valence-corrected chi connectivity index (χ2v) is 8.18. The zero-order chi connectivity index (χ0) is 20.4. The van der Waals surface area contributed by atoms with Gasteiger partial charge in [-0.15, -0.1) is 0 Å². The molecule has 2 aromatic carbocycles. The number of benzene rings is 2. The number of nitrogens with zero attached hydrogens (tertiary/aromatic N) is 1. The first kappa shape index (κ1) is 19.9. The predicted octanol–water partition coefficient (Wildman–Crippen LogP) is 1.96. The summed E-state index contributed by atoms with van der Waals surface area (Å²) in [5.41, 5.74) is 3.43. The molecule has 0 saturated carbocycles. The summed E-state index contributed by atoms with van der Waals surface area (Å²) in [5, 5.41) is 3.87. The van der Waals surface area contributed by atoms with E-state index in [1.165, 1.54) is 16.2 Å². The molecule has 0 spiro atoms. The van der Waals surface area contributed by atoms with E-state index in [9.17, 15) is 4.79 Å². The molecule has 0 aromatic heterocycles. The Morgan fingerprint density at radius 3 is 2.72 bits per heavy atom. The molecule has 0 aliphatic carbocycles. The van der Waals surface area contributed by atoms with Gasteiger partial charge in [0.1, 0.15) is 0 Å². The molecule has 0 radical (unpaired) electrons. The first-order valence-electron chi connectivity index (χ1n) is 10.0. The van der Waals surface area contributed by atoms with Crippen LogP contribution in [-0.2, 0) is 4.79 Å². The first-order valence-corrected chi connectivity index (χ1v) is 10.4. The monoisotopic (exact) mass is 416 g/mol. The van der Waals surface area contributed by atoms with Crippen molar-refractivity contribution in [3.63, 3.8) is 0 Å². The summed E-state index contributed by atoms with van der Waals surface area (Å²) in [5.74, 6) is 1.56. The molecule has 29 heavy (non-hydrogen) atoms. The highest BCUT2D eigenvalue weighted by atomic mass is 35.5. The molecule has 1 atom stereocenters. The fourth-order valence-electron chi connectivity index (χ4n) is 3.95. The summed E-state index contributed by atoms with van der Waals surface area (Å²) in [4.78, 5) is 16.2. The Bertz CT molecular complexity index is 897. The van der Waals surface area contributed by atoms with Crippen LogP contribution in [0.4, 0.5) is 5.69 Å². The lowest BCUT2D eigenvalue weighted by Gasteiger charge is -2.34. The maximum absolute atomic E-state index is 12.6. The topological polar surface area (TPSA) is 55.2 Å².